The van der Waals surface area contributed by atoms with Crippen LogP contribution in [-0.4, -0.2) is 42.1 Å². The van der Waals surface area contributed by atoms with E-state index >= 15 is 0 Å². The fourth-order valence-corrected chi connectivity index (χ4v) is 4.82. The van der Waals surface area contributed by atoms with Gasteiger partial charge in [0.1, 0.15) is 11.8 Å². The van der Waals surface area contributed by atoms with Crippen molar-refractivity contribution in [3.63, 3.8) is 0 Å². The van der Waals surface area contributed by atoms with E-state index in [0.29, 0.717) is 12.8 Å². The monoisotopic (exact) mass is 495 g/mol. The highest BCUT2D eigenvalue weighted by atomic mass is 16.5. The number of esters is 1. The quantitative estimate of drug-likeness (QED) is 0.246. The molecule has 7 heteroatoms. The third-order valence-corrected chi connectivity index (χ3v) is 6.71. The number of ether oxygens (including phenoxy) is 2. The normalized spacial score (nSPS) is 11.9. The number of nitrogens with one attached hydrogen (secondary N) is 3. The number of benzene rings is 3. The van der Waals surface area contributed by atoms with Crippen LogP contribution in [-0.2, 0) is 27.2 Å². The van der Waals surface area contributed by atoms with Gasteiger partial charge in [0.15, 0.2) is 0 Å². The van der Waals surface area contributed by atoms with Crippen LogP contribution in [0.5, 0.6) is 5.75 Å². The summed E-state index contributed by atoms with van der Waals surface area (Å²) < 4.78 is 10.3. The van der Waals surface area contributed by atoms with E-state index in [-0.39, 0.29) is 12.3 Å². The van der Waals surface area contributed by atoms with Gasteiger partial charge in [-0.05, 0) is 59.5 Å². The molecule has 0 radical (unpaired) electrons. The highest BCUT2D eigenvalue weighted by Gasteiger charge is 2.24. The number of fused-ring (bicyclic) bond motifs is 2. The molecule has 0 aliphatic heterocycles. The maximum absolute atomic E-state index is 13.1. The predicted octanol–water partition coefficient (Wildman–Crippen LogP) is 5.16. The molecule has 0 saturated heterocycles. The summed E-state index contributed by atoms with van der Waals surface area (Å²) in [6.45, 7) is 0. The fourth-order valence-electron chi connectivity index (χ4n) is 4.82. The lowest BCUT2D eigenvalue weighted by Crippen LogP contribution is -2.43. The molecule has 0 saturated carbocycles. The Morgan fingerprint density at radius 1 is 0.892 bits per heavy atom. The minimum atomic E-state index is -0.777. The van der Waals surface area contributed by atoms with Gasteiger partial charge in [-0.3, -0.25) is 4.79 Å². The number of rotatable bonds is 9. The van der Waals surface area contributed by atoms with Gasteiger partial charge >= 0.3 is 5.97 Å². The largest absolute Gasteiger partial charge is 0.497 e. The minimum Gasteiger partial charge on any atom is -0.497 e. The molecular weight excluding hydrogens is 466 g/mol. The molecule has 5 aromatic rings. The van der Waals surface area contributed by atoms with Gasteiger partial charge in [0.2, 0.25) is 5.91 Å². The van der Waals surface area contributed by atoms with Gasteiger partial charge < -0.3 is 24.8 Å². The van der Waals surface area contributed by atoms with Crippen LogP contribution in [0.1, 0.15) is 17.5 Å². The van der Waals surface area contributed by atoms with Crippen LogP contribution in [0.4, 0.5) is 0 Å². The van der Waals surface area contributed by atoms with E-state index in [4.69, 9.17) is 9.47 Å². The molecule has 1 amide bonds. The van der Waals surface area contributed by atoms with Gasteiger partial charge in [0.05, 0.1) is 14.2 Å². The van der Waals surface area contributed by atoms with Crippen molar-refractivity contribution in [2.24, 2.45) is 0 Å². The summed E-state index contributed by atoms with van der Waals surface area (Å²) in [6.07, 6.45) is 2.96. The van der Waals surface area contributed by atoms with Crippen molar-refractivity contribution in [2.45, 2.75) is 25.3 Å². The van der Waals surface area contributed by atoms with Crippen molar-refractivity contribution in [2.75, 3.05) is 14.2 Å². The van der Waals surface area contributed by atoms with Gasteiger partial charge in [-0.2, -0.15) is 0 Å². The minimum absolute atomic E-state index is 0.207. The molecule has 0 bridgehead atoms. The maximum Gasteiger partial charge on any atom is 0.328 e. The van der Waals surface area contributed by atoms with Crippen LogP contribution in [0.2, 0.25) is 0 Å². The van der Waals surface area contributed by atoms with Crippen molar-refractivity contribution in [1.29, 1.82) is 0 Å². The fraction of sp³-hybridized carbons (Fsp3) is 0.200. The van der Waals surface area contributed by atoms with E-state index in [9.17, 15) is 9.59 Å². The van der Waals surface area contributed by atoms with Gasteiger partial charge in [-0.15, -0.1) is 0 Å². The summed E-state index contributed by atoms with van der Waals surface area (Å²) in [5.74, 6) is 0.107. The summed E-state index contributed by atoms with van der Waals surface area (Å²) in [6, 6.07) is 23.0. The van der Waals surface area contributed by atoms with Crippen molar-refractivity contribution in [1.82, 2.24) is 15.3 Å². The molecule has 188 valence electrons. The Balaban J connectivity index is 1.35. The molecule has 7 nitrogen and oxygen atoms in total. The number of aromatic amines is 2. The second-order valence-corrected chi connectivity index (χ2v) is 8.96. The molecule has 0 fully saturated rings. The number of aryl methyl sites for hydroxylation is 1. The third kappa shape index (κ3) is 5.07. The Labute approximate surface area is 214 Å². The topological polar surface area (TPSA) is 96.2 Å². The standard InChI is InChI=1S/C30H29N3O4/c1-36-21-13-11-19(12-14-21)29-24(23-8-4-6-10-26(23)33-29)15-16-28(34)32-27(30(35)37-2)17-20-18-31-25-9-5-3-7-22(20)25/h3-14,18,27,31,33H,15-17H2,1-2H3,(H,32,34). The summed E-state index contributed by atoms with van der Waals surface area (Å²) in [7, 11) is 2.98. The molecule has 3 aromatic carbocycles. The van der Waals surface area contributed by atoms with Gasteiger partial charge in [0.25, 0.3) is 0 Å². The van der Waals surface area contributed by atoms with E-state index in [2.05, 4.69) is 21.4 Å². The summed E-state index contributed by atoms with van der Waals surface area (Å²) in [5, 5.41) is 5.00. The van der Waals surface area contributed by atoms with E-state index < -0.39 is 12.0 Å². The van der Waals surface area contributed by atoms with Gasteiger partial charge in [-0.25, -0.2) is 4.79 Å². The molecule has 37 heavy (non-hydrogen) atoms. The average molecular weight is 496 g/mol. The highest BCUT2D eigenvalue weighted by molar-refractivity contribution is 5.92. The van der Waals surface area contributed by atoms with Crippen LogP contribution >= 0.6 is 0 Å². The second-order valence-electron chi connectivity index (χ2n) is 8.96. The smallest absolute Gasteiger partial charge is 0.328 e. The Kier molecular flexibility index (Phi) is 6.94. The lowest BCUT2D eigenvalue weighted by molar-refractivity contribution is -0.145. The predicted molar refractivity (Wildman–Crippen MR) is 145 cm³/mol. The number of methoxy groups -OCH3 is 2. The van der Waals surface area contributed by atoms with Crippen LogP contribution in [0.15, 0.2) is 79.0 Å². The number of hydrogen-bond acceptors (Lipinski definition) is 4. The highest BCUT2D eigenvalue weighted by Crippen LogP contribution is 2.32. The first kappa shape index (κ1) is 24.2. The lowest BCUT2D eigenvalue weighted by Gasteiger charge is -2.16. The molecule has 0 aliphatic carbocycles. The molecule has 3 N–H and O–H groups in total. The van der Waals surface area contributed by atoms with Crippen molar-refractivity contribution in [3.05, 3.63) is 90.1 Å². The molecule has 2 aromatic heterocycles. The first-order valence-electron chi connectivity index (χ1n) is 12.2. The number of aromatic nitrogens is 2. The van der Waals surface area contributed by atoms with Crippen molar-refractivity contribution >= 4 is 33.7 Å². The molecule has 0 spiro atoms. The molecular formula is C30H29N3O4. The first-order valence-corrected chi connectivity index (χ1v) is 12.2. The van der Waals surface area contributed by atoms with E-state index in [1.807, 2.05) is 72.9 Å². The molecule has 1 atom stereocenters. The first-order chi connectivity index (χ1) is 18.1. The number of carbonyl (C=O) groups is 2. The van der Waals surface area contributed by atoms with Crippen LogP contribution in [0.3, 0.4) is 0 Å². The van der Waals surface area contributed by atoms with Crippen LogP contribution in [0, 0.1) is 0 Å². The average Bonchev–Trinajstić information content (AvgIpc) is 3.52. The zero-order valence-corrected chi connectivity index (χ0v) is 20.8. The maximum atomic E-state index is 13.1. The van der Waals surface area contributed by atoms with Crippen molar-refractivity contribution in [3.8, 4) is 17.0 Å². The van der Waals surface area contributed by atoms with Gasteiger partial charge in [-0.1, -0.05) is 36.4 Å². The van der Waals surface area contributed by atoms with E-state index in [0.717, 1.165) is 49.9 Å². The molecule has 1 unspecified atom stereocenters. The third-order valence-electron chi connectivity index (χ3n) is 6.71. The Bertz CT molecular complexity index is 1550. The molecule has 5 rings (SSSR count). The zero-order valence-electron chi connectivity index (χ0n) is 20.8. The molecule has 0 aliphatic rings. The number of hydrogen-bond donors (Lipinski definition) is 3. The second kappa shape index (κ2) is 10.6. The van der Waals surface area contributed by atoms with E-state index in [1.165, 1.54) is 7.11 Å². The van der Waals surface area contributed by atoms with Crippen LogP contribution in [0.25, 0.3) is 33.1 Å². The number of para-hydroxylation sites is 2. The number of H-pyrrole nitrogens is 2. The Morgan fingerprint density at radius 2 is 1.59 bits per heavy atom. The summed E-state index contributed by atoms with van der Waals surface area (Å²) in [5.41, 5.74) is 5.99. The number of carbonyl (C=O) groups excluding carboxylic acids is 2. The lowest BCUT2D eigenvalue weighted by atomic mass is 10.0. The zero-order chi connectivity index (χ0) is 25.8. The van der Waals surface area contributed by atoms with E-state index in [1.54, 1.807) is 7.11 Å². The number of amides is 1. The van der Waals surface area contributed by atoms with Crippen LogP contribution < -0.4 is 10.1 Å². The van der Waals surface area contributed by atoms with Crippen molar-refractivity contribution < 1.29 is 19.1 Å². The summed E-state index contributed by atoms with van der Waals surface area (Å²) >= 11 is 0. The Hall–Kier alpha value is -4.52. The molecule has 2 heterocycles. The Morgan fingerprint density at radius 3 is 2.32 bits per heavy atom. The SMILES string of the molecule is COC(=O)C(Cc1c[nH]c2ccccc12)NC(=O)CCc1c(-c2ccc(OC)cc2)[nH]c2ccccc12. The summed E-state index contributed by atoms with van der Waals surface area (Å²) in [4.78, 5) is 32.3. The van der Waals surface area contributed by atoms with Gasteiger partial charge in [0, 0.05) is 46.5 Å².